The zero-order valence-corrected chi connectivity index (χ0v) is 14.6. The number of nitrogens with two attached hydrogens (primary N) is 1. The van der Waals surface area contributed by atoms with Crippen molar-refractivity contribution in [2.24, 2.45) is 11.8 Å². The Morgan fingerprint density at radius 1 is 1.47 bits per heavy atom. The molecule has 3 N–H and O–H groups in total. The third-order valence-corrected chi connectivity index (χ3v) is 6.85. The first-order chi connectivity index (χ1) is 9.13. The van der Waals surface area contributed by atoms with Gasteiger partial charge in [-0.05, 0) is 81.5 Å². The molecule has 0 aromatic carbocycles. The summed E-state index contributed by atoms with van der Waals surface area (Å²) < 4.78 is 8.31. The summed E-state index contributed by atoms with van der Waals surface area (Å²) in [6.45, 7) is 0.867. The molecule has 2 aliphatic rings. The lowest BCUT2D eigenvalue weighted by molar-refractivity contribution is -0.147. The summed E-state index contributed by atoms with van der Waals surface area (Å²) in [5.74, 6) is 6.39. The van der Waals surface area contributed by atoms with Crippen molar-refractivity contribution in [3.8, 4) is 0 Å². The summed E-state index contributed by atoms with van der Waals surface area (Å²) in [5.41, 5.74) is 4.46. The fourth-order valence-corrected chi connectivity index (χ4v) is 6.24. The number of halogens is 2. The van der Waals surface area contributed by atoms with Crippen molar-refractivity contribution in [1.82, 2.24) is 5.43 Å². The molecule has 2 atom stereocenters. The number of nitrogens with one attached hydrogen (secondary N) is 1. The molecule has 1 saturated heterocycles. The fourth-order valence-electron chi connectivity index (χ4n) is 3.31. The molecule has 0 radical (unpaired) electrons. The molecule has 3 nitrogen and oxygen atoms in total. The van der Waals surface area contributed by atoms with Crippen LogP contribution in [0.1, 0.15) is 43.7 Å². The molecule has 1 aromatic heterocycles. The molecule has 2 heterocycles. The minimum Gasteiger partial charge on any atom is -0.375 e. The van der Waals surface area contributed by atoms with Gasteiger partial charge in [0, 0.05) is 6.61 Å². The molecule has 0 amide bonds. The van der Waals surface area contributed by atoms with E-state index in [9.17, 15) is 0 Å². The first kappa shape index (κ1) is 14.5. The maximum Gasteiger partial charge on any atom is 0.0758 e. The lowest BCUT2D eigenvalue weighted by Gasteiger charge is -2.48. The van der Waals surface area contributed by atoms with Crippen LogP contribution < -0.4 is 11.3 Å². The van der Waals surface area contributed by atoms with Crippen LogP contribution >= 0.6 is 43.2 Å². The highest BCUT2D eigenvalue weighted by Crippen LogP contribution is 2.48. The van der Waals surface area contributed by atoms with Crippen molar-refractivity contribution in [2.45, 2.75) is 43.7 Å². The largest absolute Gasteiger partial charge is 0.375 e. The number of thiophene rings is 1. The Hall–Kier alpha value is 0.540. The molecule has 1 saturated carbocycles. The lowest BCUT2D eigenvalue weighted by atomic mass is 9.70. The zero-order chi connectivity index (χ0) is 13.5. The van der Waals surface area contributed by atoms with E-state index >= 15 is 0 Å². The second-order valence-electron chi connectivity index (χ2n) is 5.56. The van der Waals surface area contributed by atoms with Crippen molar-refractivity contribution in [3.63, 3.8) is 0 Å². The van der Waals surface area contributed by atoms with Crippen LogP contribution in [0.4, 0.5) is 0 Å². The Morgan fingerprint density at radius 2 is 2.26 bits per heavy atom. The summed E-state index contributed by atoms with van der Waals surface area (Å²) >= 11 is 8.90. The maximum absolute atomic E-state index is 6.01. The average Bonchev–Trinajstić information content (AvgIpc) is 2.68. The fraction of sp³-hybridized carbons (Fsp3) is 0.692. The van der Waals surface area contributed by atoms with Gasteiger partial charge in [-0.25, -0.2) is 0 Å². The van der Waals surface area contributed by atoms with Crippen LogP contribution in [0.25, 0.3) is 0 Å². The van der Waals surface area contributed by atoms with Gasteiger partial charge in [0.25, 0.3) is 0 Å². The van der Waals surface area contributed by atoms with Gasteiger partial charge in [-0.1, -0.05) is 0 Å². The SMILES string of the molecule is NNC(c1cc(Br)sc1Br)C1CCOC2(CCC2)C1. The van der Waals surface area contributed by atoms with Crippen molar-refractivity contribution in [3.05, 3.63) is 19.2 Å². The van der Waals surface area contributed by atoms with Crippen LogP contribution in [-0.4, -0.2) is 12.2 Å². The van der Waals surface area contributed by atoms with Gasteiger partial charge in [-0.2, -0.15) is 0 Å². The van der Waals surface area contributed by atoms with Gasteiger partial charge in [0.05, 0.1) is 19.2 Å². The number of hydrogen-bond donors (Lipinski definition) is 2. The summed E-state index contributed by atoms with van der Waals surface area (Å²) in [5, 5.41) is 0. The summed E-state index contributed by atoms with van der Waals surface area (Å²) in [6, 6.07) is 2.38. The predicted octanol–water partition coefficient (Wildman–Crippen LogP) is 4.13. The van der Waals surface area contributed by atoms with Crippen molar-refractivity contribution in [1.29, 1.82) is 0 Å². The van der Waals surface area contributed by atoms with Crippen LogP contribution in [0.15, 0.2) is 13.6 Å². The number of ether oxygens (including phenoxy) is 1. The quantitative estimate of drug-likeness (QED) is 0.582. The smallest absolute Gasteiger partial charge is 0.0758 e. The van der Waals surface area contributed by atoms with Gasteiger partial charge in [0.1, 0.15) is 0 Å². The van der Waals surface area contributed by atoms with Crippen LogP contribution in [-0.2, 0) is 4.74 Å². The van der Waals surface area contributed by atoms with Gasteiger partial charge in [-0.15, -0.1) is 11.3 Å². The van der Waals surface area contributed by atoms with Gasteiger partial charge in [0.15, 0.2) is 0 Å². The molecule has 0 bridgehead atoms. The van der Waals surface area contributed by atoms with Gasteiger partial charge >= 0.3 is 0 Å². The van der Waals surface area contributed by atoms with Crippen LogP contribution in [0.3, 0.4) is 0 Å². The van der Waals surface area contributed by atoms with Gasteiger partial charge < -0.3 is 4.74 Å². The Bertz CT molecular complexity index is 461. The zero-order valence-electron chi connectivity index (χ0n) is 10.6. The minimum atomic E-state index is 0.164. The van der Waals surface area contributed by atoms with E-state index in [1.807, 2.05) is 0 Å². The predicted molar refractivity (Wildman–Crippen MR) is 85.0 cm³/mol. The molecule has 3 rings (SSSR count). The van der Waals surface area contributed by atoms with Crippen LogP contribution in [0.2, 0.25) is 0 Å². The molecule has 19 heavy (non-hydrogen) atoms. The number of hydrogen-bond acceptors (Lipinski definition) is 4. The monoisotopic (exact) mass is 408 g/mol. The highest BCUT2D eigenvalue weighted by Gasteiger charge is 2.44. The van der Waals surface area contributed by atoms with Gasteiger partial charge in [-0.3, -0.25) is 11.3 Å². The Balaban J connectivity index is 1.80. The normalized spacial score (nSPS) is 27.2. The van der Waals surface area contributed by atoms with Crippen LogP contribution in [0, 0.1) is 5.92 Å². The topological polar surface area (TPSA) is 47.3 Å². The summed E-state index contributed by atoms with van der Waals surface area (Å²) in [7, 11) is 0. The van der Waals surface area contributed by atoms with E-state index in [0.717, 1.165) is 27.0 Å². The van der Waals surface area contributed by atoms with Crippen molar-refractivity contribution < 1.29 is 4.74 Å². The lowest BCUT2D eigenvalue weighted by Crippen LogP contribution is -2.48. The van der Waals surface area contributed by atoms with Crippen LogP contribution in [0.5, 0.6) is 0 Å². The van der Waals surface area contributed by atoms with Crippen molar-refractivity contribution >= 4 is 43.2 Å². The third-order valence-electron chi connectivity index (χ3n) is 4.46. The summed E-state index contributed by atoms with van der Waals surface area (Å²) in [6.07, 6.45) is 5.95. The molecule has 2 fully saturated rings. The van der Waals surface area contributed by atoms with E-state index in [-0.39, 0.29) is 11.6 Å². The molecular weight excluding hydrogens is 392 g/mol. The molecule has 1 aliphatic carbocycles. The highest BCUT2D eigenvalue weighted by atomic mass is 79.9. The number of rotatable bonds is 3. The molecule has 1 spiro atoms. The number of hydrazine groups is 1. The van der Waals surface area contributed by atoms with Gasteiger partial charge in [0.2, 0.25) is 0 Å². The van der Waals surface area contributed by atoms with Crippen molar-refractivity contribution in [2.75, 3.05) is 6.61 Å². The third kappa shape index (κ3) is 2.80. The first-order valence-corrected chi connectivity index (χ1v) is 9.09. The van der Waals surface area contributed by atoms with E-state index in [1.165, 1.54) is 24.8 Å². The average molecular weight is 410 g/mol. The van der Waals surface area contributed by atoms with E-state index in [2.05, 4.69) is 43.4 Å². The molecule has 106 valence electrons. The second-order valence-corrected chi connectivity index (χ2v) is 9.31. The van der Waals surface area contributed by atoms with E-state index in [1.54, 1.807) is 11.3 Å². The second kappa shape index (κ2) is 5.73. The molecule has 1 aromatic rings. The van der Waals surface area contributed by atoms with E-state index < -0.39 is 0 Å². The Kier molecular flexibility index (Phi) is 4.37. The highest BCUT2D eigenvalue weighted by molar-refractivity contribution is 9.12. The minimum absolute atomic E-state index is 0.164. The molecule has 1 aliphatic heterocycles. The maximum atomic E-state index is 6.01. The Labute approximate surface area is 134 Å². The molecular formula is C13H18Br2N2OS. The first-order valence-electron chi connectivity index (χ1n) is 6.68. The van der Waals surface area contributed by atoms with E-state index in [0.29, 0.717) is 5.92 Å². The molecule has 6 heteroatoms. The summed E-state index contributed by atoms with van der Waals surface area (Å²) in [4.78, 5) is 0. The molecule has 2 unspecified atom stereocenters. The Morgan fingerprint density at radius 3 is 2.79 bits per heavy atom. The standard InChI is InChI=1S/C13H18Br2N2OS/c14-10-6-9(12(15)19-10)11(17-16)8-2-5-18-13(7-8)3-1-4-13/h6,8,11,17H,1-5,7,16H2. The van der Waals surface area contributed by atoms with E-state index in [4.69, 9.17) is 10.6 Å².